The molecule has 0 radical (unpaired) electrons. The first-order valence-electron chi connectivity index (χ1n) is 8.46. The van der Waals surface area contributed by atoms with Gasteiger partial charge < -0.3 is 9.47 Å². The van der Waals surface area contributed by atoms with Crippen LogP contribution in [0.4, 0.5) is 0 Å². The van der Waals surface area contributed by atoms with Crippen molar-refractivity contribution < 1.29 is 14.3 Å². The van der Waals surface area contributed by atoms with E-state index in [0.717, 1.165) is 19.4 Å². The molecule has 3 heteroatoms. The molecule has 3 nitrogen and oxygen atoms in total. The molecule has 122 valence electrons. The number of benzene rings is 1. The van der Waals surface area contributed by atoms with Crippen LogP contribution >= 0.6 is 0 Å². The van der Waals surface area contributed by atoms with Crippen LogP contribution in [0.15, 0.2) is 24.3 Å². The second-order valence-corrected chi connectivity index (χ2v) is 6.33. The van der Waals surface area contributed by atoms with E-state index in [2.05, 4.69) is 24.3 Å². The van der Waals surface area contributed by atoms with Gasteiger partial charge in [-0.1, -0.05) is 50.5 Å². The second-order valence-electron chi connectivity index (χ2n) is 6.33. The van der Waals surface area contributed by atoms with Crippen LogP contribution < -0.4 is 0 Å². The lowest BCUT2D eigenvalue weighted by Gasteiger charge is -2.22. The highest BCUT2D eigenvalue weighted by atomic mass is 16.5. The fourth-order valence-corrected chi connectivity index (χ4v) is 3.06. The summed E-state index contributed by atoms with van der Waals surface area (Å²) in [5.74, 6) is -0.240. The molecular weight excluding hydrogens is 276 g/mol. The number of hydrogen-bond donors (Lipinski definition) is 0. The molecule has 0 saturated heterocycles. The predicted octanol–water partition coefficient (Wildman–Crippen LogP) is 3.93. The van der Waals surface area contributed by atoms with Gasteiger partial charge in [-0.05, 0) is 36.8 Å². The smallest absolute Gasteiger partial charge is 0.308 e. The minimum absolute atomic E-state index is 0.0921. The lowest BCUT2D eigenvalue weighted by Crippen LogP contribution is -2.18. The lowest BCUT2D eigenvalue weighted by molar-refractivity contribution is -0.144. The third-order valence-corrected chi connectivity index (χ3v) is 4.46. The highest BCUT2D eigenvalue weighted by molar-refractivity contribution is 5.72. The summed E-state index contributed by atoms with van der Waals surface area (Å²) < 4.78 is 10.7. The molecule has 0 bridgehead atoms. The third-order valence-electron chi connectivity index (χ3n) is 4.46. The second kappa shape index (κ2) is 8.94. The summed E-state index contributed by atoms with van der Waals surface area (Å²) in [7, 11) is 1.44. The van der Waals surface area contributed by atoms with Gasteiger partial charge in [-0.25, -0.2) is 0 Å². The zero-order valence-electron chi connectivity index (χ0n) is 13.8. The van der Waals surface area contributed by atoms with E-state index in [4.69, 9.17) is 9.47 Å². The number of ether oxygens (including phenoxy) is 2. The topological polar surface area (TPSA) is 35.5 Å². The van der Waals surface area contributed by atoms with Crippen molar-refractivity contribution >= 4 is 5.97 Å². The van der Waals surface area contributed by atoms with E-state index in [-0.39, 0.29) is 11.9 Å². The number of carbonyl (C=O) groups is 1. The molecule has 1 fully saturated rings. The first kappa shape index (κ1) is 17.0. The van der Waals surface area contributed by atoms with E-state index < -0.39 is 0 Å². The minimum atomic E-state index is -0.148. The molecule has 0 aliphatic heterocycles. The van der Waals surface area contributed by atoms with Crippen LogP contribution in [0.25, 0.3) is 0 Å². The lowest BCUT2D eigenvalue weighted by atomic mass is 9.98. The molecule has 22 heavy (non-hydrogen) atoms. The third kappa shape index (κ3) is 5.45. The highest BCUT2D eigenvalue weighted by Gasteiger charge is 2.14. The summed E-state index contributed by atoms with van der Waals surface area (Å²) in [5, 5.41) is 0. The van der Waals surface area contributed by atoms with Gasteiger partial charge in [0.15, 0.2) is 0 Å². The van der Waals surface area contributed by atoms with Gasteiger partial charge in [0.05, 0.1) is 25.7 Å². The molecule has 1 aliphatic rings. The molecule has 1 unspecified atom stereocenters. The van der Waals surface area contributed by atoms with Gasteiger partial charge in [-0.3, -0.25) is 4.79 Å². The molecule has 1 aliphatic carbocycles. The van der Waals surface area contributed by atoms with E-state index >= 15 is 0 Å². The summed E-state index contributed by atoms with van der Waals surface area (Å²) in [4.78, 5) is 11.4. The Balaban J connectivity index is 1.73. The standard InChI is InChI=1S/C19H28O3/c1-15(19(20)21-2)14-17-10-8-16(9-11-17)12-13-22-18-6-4-3-5-7-18/h8-11,15,18H,3-7,12-14H2,1-2H3. The van der Waals surface area contributed by atoms with Crippen molar-refractivity contribution in [3.8, 4) is 0 Å². The summed E-state index contributed by atoms with van der Waals surface area (Å²) in [6.07, 6.45) is 8.62. The molecule has 0 amide bonds. The van der Waals surface area contributed by atoms with E-state index in [1.807, 2.05) is 6.92 Å². The van der Waals surface area contributed by atoms with E-state index in [1.54, 1.807) is 0 Å². The summed E-state index contributed by atoms with van der Waals surface area (Å²) >= 11 is 0. The molecule has 0 heterocycles. The van der Waals surface area contributed by atoms with Gasteiger partial charge in [0, 0.05) is 0 Å². The number of methoxy groups -OCH3 is 1. The maximum Gasteiger partial charge on any atom is 0.308 e. The Hall–Kier alpha value is -1.35. The van der Waals surface area contributed by atoms with Gasteiger partial charge >= 0.3 is 5.97 Å². The molecule has 1 atom stereocenters. The summed E-state index contributed by atoms with van der Waals surface area (Å²) in [5.41, 5.74) is 2.47. The molecular formula is C19H28O3. The molecule has 2 rings (SSSR count). The fourth-order valence-electron chi connectivity index (χ4n) is 3.06. The monoisotopic (exact) mass is 304 g/mol. The van der Waals surface area contributed by atoms with Crippen molar-refractivity contribution in [2.75, 3.05) is 13.7 Å². The highest BCUT2D eigenvalue weighted by Crippen LogP contribution is 2.20. The quantitative estimate of drug-likeness (QED) is 0.716. The van der Waals surface area contributed by atoms with Crippen molar-refractivity contribution in [3.05, 3.63) is 35.4 Å². The molecule has 1 aromatic rings. The average Bonchev–Trinajstić information content (AvgIpc) is 2.56. The predicted molar refractivity (Wildman–Crippen MR) is 87.9 cm³/mol. The van der Waals surface area contributed by atoms with Crippen molar-refractivity contribution in [2.45, 2.75) is 58.0 Å². The number of rotatable bonds is 7. The van der Waals surface area contributed by atoms with Gasteiger partial charge in [0.1, 0.15) is 0 Å². The Morgan fingerprint density at radius 1 is 1.14 bits per heavy atom. The van der Waals surface area contributed by atoms with Crippen LogP contribution in [0.5, 0.6) is 0 Å². The molecule has 1 saturated carbocycles. The Bertz CT molecular complexity index is 446. The largest absolute Gasteiger partial charge is 0.469 e. The number of hydrogen-bond acceptors (Lipinski definition) is 3. The Kier molecular flexibility index (Phi) is 6.91. The van der Waals surface area contributed by atoms with Crippen molar-refractivity contribution in [2.24, 2.45) is 5.92 Å². The SMILES string of the molecule is COC(=O)C(C)Cc1ccc(CCOC2CCCCC2)cc1. The maximum atomic E-state index is 11.4. The normalized spacial score (nSPS) is 17.2. The van der Waals surface area contributed by atoms with Crippen LogP contribution in [-0.4, -0.2) is 25.8 Å². The summed E-state index contributed by atoms with van der Waals surface area (Å²) in [6, 6.07) is 8.50. The zero-order valence-corrected chi connectivity index (χ0v) is 13.8. The Morgan fingerprint density at radius 2 is 1.77 bits per heavy atom. The Labute approximate surface area is 134 Å². The molecule has 1 aromatic carbocycles. The van der Waals surface area contributed by atoms with Gasteiger partial charge in [0.25, 0.3) is 0 Å². The minimum Gasteiger partial charge on any atom is -0.469 e. The van der Waals surface area contributed by atoms with Gasteiger partial charge in [0.2, 0.25) is 0 Å². The van der Waals surface area contributed by atoms with Crippen LogP contribution in [0.3, 0.4) is 0 Å². The zero-order chi connectivity index (χ0) is 15.8. The molecule has 0 spiro atoms. The first-order chi connectivity index (χ1) is 10.7. The van der Waals surface area contributed by atoms with E-state index in [1.165, 1.54) is 50.3 Å². The maximum absolute atomic E-state index is 11.4. The van der Waals surface area contributed by atoms with Crippen LogP contribution in [0.2, 0.25) is 0 Å². The number of esters is 1. The summed E-state index contributed by atoms with van der Waals surface area (Å²) in [6.45, 7) is 2.71. The van der Waals surface area contributed by atoms with Crippen LogP contribution in [-0.2, 0) is 27.1 Å². The Morgan fingerprint density at radius 3 is 2.41 bits per heavy atom. The molecule has 0 N–H and O–H groups in total. The van der Waals surface area contributed by atoms with Crippen molar-refractivity contribution in [3.63, 3.8) is 0 Å². The van der Waals surface area contributed by atoms with Crippen molar-refractivity contribution in [1.82, 2.24) is 0 Å². The van der Waals surface area contributed by atoms with Gasteiger partial charge in [-0.15, -0.1) is 0 Å². The van der Waals surface area contributed by atoms with E-state index in [0.29, 0.717) is 6.10 Å². The number of carbonyl (C=O) groups excluding carboxylic acids is 1. The molecule has 0 aromatic heterocycles. The van der Waals surface area contributed by atoms with Crippen LogP contribution in [0.1, 0.15) is 50.2 Å². The fraction of sp³-hybridized carbons (Fsp3) is 0.632. The first-order valence-corrected chi connectivity index (χ1v) is 8.46. The van der Waals surface area contributed by atoms with Crippen LogP contribution in [0, 0.1) is 5.92 Å². The average molecular weight is 304 g/mol. The van der Waals surface area contributed by atoms with E-state index in [9.17, 15) is 4.79 Å². The van der Waals surface area contributed by atoms with Crippen molar-refractivity contribution in [1.29, 1.82) is 0 Å². The van der Waals surface area contributed by atoms with Gasteiger partial charge in [-0.2, -0.15) is 0 Å².